The molecule has 2 aliphatic carbocycles. The quantitative estimate of drug-likeness (QED) is 0.701. The molecule has 2 aromatic heterocycles. The van der Waals surface area contributed by atoms with Gasteiger partial charge >= 0.3 is 0 Å². The lowest BCUT2D eigenvalue weighted by Gasteiger charge is -2.39. The highest BCUT2D eigenvalue weighted by atomic mass is 32.1. The zero-order valence-electron chi connectivity index (χ0n) is 16.0. The normalized spacial score (nSPS) is 24.8. The van der Waals surface area contributed by atoms with Crippen molar-refractivity contribution in [3.8, 4) is 11.5 Å². The molecule has 146 valence electrons. The van der Waals surface area contributed by atoms with Gasteiger partial charge in [0.15, 0.2) is 5.82 Å². The molecule has 2 saturated carbocycles. The topological polar surface area (TPSA) is 59.8 Å². The first kappa shape index (κ1) is 17.9. The molecular weight excluding hydrogens is 368 g/mol. The molecule has 2 aliphatic rings. The summed E-state index contributed by atoms with van der Waals surface area (Å²) in [5.41, 5.74) is 4.52. The Morgan fingerprint density at radius 1 is 1.14 bits per heavy atom. The van der Waals surface area contributed by atoms with Crippen molar-refractivity contribution in [1.29, 1.82) is 0 Å². The van der Waals surface area contributed by atoms with Crippen LogP contribution in [0, 0.1) is 11.8 Å². The molecule has 0 aliphatic heterocycles. The van der Waals surface area contributed by atoms with Crippen LogP contribution in [0.1, 0.15) is 44.9 Å². The van der Waals surface area contributed by atoms with Gasteiger partial charge in [-0.2, -0.15) is 0 Å². The highest BCUT2D eigenvalue weighted by Gasteiger charge is 2.32. The summed E-state index contributed by atoms with van der Waals surface area (Å²) in [5.74, 6) is 2.57. The molecule has 3 atom stereocenters. The number of nitrogens with zero attached hydrogens (tertiary/aromatic N) is 3. The van der Waals surface area contributed by atoms with Crippen molar-refractivity contribution >= 4 is 28.3 Å². The lowest BCUT2D eigenvalue weighted by Crippen LogP contribution is -2.42. The van der Waals surface area contributed by atoms with Crippen molar-refractivity contribution in [2.45, 2.75) is 57.5 Å². The number of carbonyl (C=O) groups is 1. The fourth-order valence-corrected chi connectivity index (χ4v) is 5.71. The van der Waals surface area contributed by atoms with Crippen LogP contribution in [0.3, 0.4) is 0 Å². The first-order chi connectivity index (χ1) is 13.8. The first-order valence-electron chi connectivity index (χ1n) is 10.4. The van der Waals surface area contributed by atoms with E-state index in [1.54, 1.807) is 11.3 Å². The molecule has 6 heteroatoms. The number of nitrogens with one attached hydrogen (secondary N) is 1. The molecule has 0 bridgehead atoms. The molecule has 5 nitrogen and oxygen atoms in total. The number of fused-ring (bicyclic) bond motifs is 2. The van der Waals surface area contributed by atoms with E-state index in [0.717, 1.165) is 47.2 Å². The number of carbonyl (C=O) groups excluding carboxylic acids is 1. The number of hydrogen-bond donors (Lipinski definition) is 1. The Morgan fingerprint density at radius 3 is 2.86 bits per heavy atom. The number of rotatable bonds is 4. The molecule has 2 fully saturated rings. The molecule has 1 N–H and O–H groups in total. The Morgan fingerprint density at radius 2 is 2.00 bits per heavy atom. The number of amides is 1. The minimum atomic E-state index is 0.0823. The van der Waals surface area contributed by atoms with Gasteiger partial charge in [0.2, 0.25) is 5.91 Å². The average Bonchev–Trinajstić information content (AvgIpc) is 3.36. The molecule has 0 spiro atoms. The van der Waals surface area contributed by atoms with Gasteiger partial charge in [-0.1, -0.05) is 37.8 Å². The van der Waals surface area contributed by atoms with Gasteiger partial charge in [0.1, 0.15) is 12.2 Å². The Bertz CT molecular complexity index is 964. The van der Waals surface area contributed by atoms with E-state index >= 15 is 0 Å². The lowest BCUT2D eigenvalue weighted by molar-refractivity contribution is -0.122. The van der Waals surface area contributed by atoms with Crippen molar-refractivity contribution in [3.05, 3.63) is 35.2 Å². The van der Waals surface area contributed by atoms with Crippen LogP contribution < -0.4 is 5.32 Å². The van der Waals surface area contributed by atoms with Crippen molar-refractivity contribution in [1.82, 2.24) is 19.9 Å². The number of hydrogen-bond acceptors (Lipinski definition) is 4. The summed E-state index contributed by atoms with van der Waals surface area (Å²) in [5, 5.41) is 5.31. The second kappa shape index (κ2) is 7.66. The molecule has 28 heavy (non-hydrogen) atoms. The first-order valence-corrected chi connectivity index (χ1v) is 11.4. The third kappa shape index (κ3) is 3.46. The van der Waals surface area contributed by atoms with E-state index in [2.05, 4.69) is 10.3 Å². The number of benzene rings is 1. The van der Waals surface area contributed by atoms with Crippen LogP contribution in [-0.4, -0.2) is 26.5 Å². The van der Waals surface area contributed by atoms with E-state index in [-0.39, 0.29) is 12.5 Å². The molecule has 5 rings (SSSR count). The predicted molar refractivity (Wildman–Crippen MR) is 112 cm³/mol. The van der Waals surface area contributed by atoms with E-state index < -0.39 is 0 Å². The fraction of sp³-hybridized carbons (Fsp3) is 0.500. The average molecular weight is 395 g/mol. The fourth-order valence-electron chi connectivity index (χ4n) is 5.18. The summed E-state index contributed by atoms with van der Waals surface area (Å²) in [6.07, 6.45) is 9.04. The minimum Gasteiger partial charge on any atom is -0.352 e. The molecule has 0 saturated heterocycles. The standard InChI is InChI=1S/C22H26N4OS/c27-21(24-17-10-9-15-5-1-2-6-16(15)11-17)12-26-20-8-4-3-7-18(20)25-22(26)19-13-28-14-23-19/h3-4,7-8,13-17H,1-2,5-6,9-12H2,(H,24,27)/t15-,16-,17-/m1/s1. The molecule has 3 aromatic rings. The van der Waals surface area contributed by atoms with E-state index in [0.29, 0.717) is 6.04 Å². The highest BCUT2D eigenvalue weighted by molar-refractivity contribution is 7.07. The van der Waals surface area contributed by atoms with Crippen LogP contribution in [0.2, 0.25) is 0 Å². The molecule has 0 radical (unpaired) electrons. The Hall–Kier alpha value is -2.21. The van der Waals surface area contributed by atoms with Crippen LogP contribution in [0.4, 0.5) is 0 Å². The Kier molecular flexibility index (Phi) is 4.89. The molecule has 0 unspecified atom stereocenters. The summed E-state index contributed by atoms with van der Waals surface area (Å²) >= 11 is 1.55. The predicted octanol–water partition coefficient (Wildman–Crippen LogP) is 4.63. The van der Waals surface area contributed by atoms with Crippen molar-refractivity contribution < 1.29 is 4.79 Å². The number of imidazole rings is 1. The van der Waals surface area contributed by atoms with Gasteiger partial charge in [-0.3, -0.25) is 4.79 Å². The van der Waals surface area contributed by atoms with Crippen molar-refractivity contribution in [2.75, 3.05) is 0 Å². The van der Waals surface area contributed by atoms with Crippen molar-refractivity contribution in [3.63, 3.8) is 0 Å². The smallest absolute Gasteiger partial charge is 0.240 e. The molecule has 2 heterocycles. The van der Waals surface area contributed by atoms with E-state index in [1.165, 1.54) is 32.1 Å². The maximum absolute atomic E-state index is 12.9. The third-order valence-electron chi connectivity index (χ3n) is 6.52. The van der Waals surface area contributed by atoms with Gasteiger partial charge in [-0.25, -0.2) is 9.97 Å². The van der Waals surface area contributed by atoms with Gasteiger partial charge in [-0.15, -0.1) is 11.3 Å². The Balaban J connectivity index is 1.34. The monoisotopic (exact) mass is 394 g/mol. The van der Waals surface area contributed by atoms with Crippen LogP contribution >= 0.6 is 11.3 Å². The third-order valence-corrected chi connectivity index (χ3v) is 7.11. The maximum Gasteiger partial charge on any atom is 0.240 e. The zero-order chi connectivity index (χ0) is 18.9. The van der Waals surface area contributed by atoms with Gasteiger partial charge in [0, 0.05) is 11.4 Å². The van der Waals surface area contributed by atoms with Crippen LogP contribution in [0.5, 0.6) is 0 Å². The van der Waals surface area contributed by atoms with E-state index in [1.807, 2.05) is 39.7 Å². The van der Waals surface area contributed by atoms with Crippen LogP contribution in [0.15, 0.2) is 35.2 Å². The zero-order valence-corrected chi connectivity index (χ0v) is 16.8. The maximum atomic E-state index is 12.9. The summed E-state index contributed by atoms with van der Waals surface area (Å²) in [6, 6.07) is 8.31. The van der Waals surface area contributed by atoms with Crippen LogP contribution in [-0.2, 0) is 11.3 Å². The SMILES string of the molecule is O=C(Cn1c(-c2cscn2)nc2ccccc21)N[C@@H]1CC[C@H]2CCCC[C@@H]2C1. The van der Waals surface area contributed by atoms with Gasteiger partial charge < -0.3 is 9.88 Å². The second-order valence-corrected chi connectivity index (χ2v) is 8.98. The lowest BCUT2D eigenvalue weighted by atomic mass is 9.69. The largest absolute Gasteiger partial charge is 0.352 e. The second-order valence-electron chi connectivity index (χ2n) is 8.27. The highest BCUT2D eigenvalue weighted by Crippen LogP contribution is 2.40. The van der Waals surface area contributed by atoms with Gasteiger partial charge in [0.05, 0.1) is 16.5 Å². The number of thiazole rings is 1. The summed E-state index contributed by atoms with van der Waals surface area (Å²) in [7, 11) is 0. The molecule has 1 amide bonds. The van der Waals surface area contributed by atoms with E-state index in [4.69, 9.17) is 4.98 Å². The Labute approximate surface area is 169 Å². The summed E-state index contributed by atoms with van der Waals surface area (Å²) in [4.78, 5) is 22.1. The molecule has 1 aromatic carbocycles. The minimum absolute atomic E-state index is 0.0823. The summed E-state index contributed by atoms with van der Waals surface area (Å²) < 4.78 is 2.01. The van der Waals surface area contributed by atoms with Gasteiger partial charge in [-0.05, 0) is 43.2 Å². The van der Waals surface area contributed by atoms with Gasteiger partial charge in [0.25, 0.3) is 0 Å². The molecular formula is C22H26N4OS. The van der Waals surface area contributed by atoms with Crippen LogP contribution in [0.25, 0.3) is 22.6 Å². The van der Waals surface area contributed by atoms with Crippen molar-refractivity contribution in [2.24, 2.45) is 11.8 Å². The summed E-state index contributed by atoms with van der Waals surface area (Å²) in [6.45, 7) is 0.290. The number of aromatic nitrogens is 3. The van der Waals surface area contributed by atoms with E-state index in [9.17, 15) is 4.79 Å². The number of para-hydroxylation sites is 2.